The normalized spacial score (nSPS) is 15.3. The Morgan fingerprint density at radius 1 is 1.36 bits per heavy atom. The molecule has 1 aliphatic heterocycles. The van der Waals surface area contributed by atoms with Crippen LogP contribution in [0.1, 0.15) is 16.8 Å². The van der Waals surface area contributed by atoms with E-state index in [2.05, 4.69) is 10.8 Å². The van der Waals surface area contributed by atoms with E-state index in [1.54, 1.807) is 4.90 Å². The maximum atomic E-state index is 12.4. The maximum Gasteiger partial charge on any atom is 0.311 e. The van der Waals surface area contributed by atoms with Crippen LogP contribution in [0.5, 0.6) is 5.75 Å². The molecule has 0 unspecified atom stereocenters. The highest BCUT2D eigenvalue weighted by Gasteiger charge is 2.24. The minimum Gasteiger partial charge on any atom is -0.502 e. The number of aromatic hydroxyl groups is 1. The summed E-state index contributed by atoms with van der Waals surface area (Å²) in [6.45, 7) is 3.38. The fraction of sp³-hybridized carbons (Fsp3) is 0.400. The third-order valence-corrected chi connectivity index (χ3v) is 3.65. The summed E-state index contributed by atoms with van der Waals surface area (Å²) in [6, 6.07) is 3.69. The van der Waals surface area contributed by atoms with Gasteiger partial charge < -0.3 is 10.0 Å². The smallest absolute Gasteiger partial charge is 0.311 e. The standard InChI is InChI=1S/C15H17N3O4/c1-2-3-6-16-7-9-17(10-8-16)15(20)12-4-5-14(19)13(11-12)18(21)22/h1,4-5,11,19H,3,6-10H2. The van der Waals surface area contributed by atoms with Gasteiger partial charge in [0.2, 0.25) is 0 Å². The van der Waals surface area contributed by atoms with Gasteiger partial charge in [-0.3, -0.25) is 19.8 Å². The van der Waals surface area contributed by atoms with E-state index in [-0.39, 0.29) is 11.5 Å². The van der Waals surface area contributed by atoms with Gasteiger partial charge in [0.25, 0.3) is 5.91 Å². The van der Waals surface area contributed by atoms with Crippen molar-refractivity contribution in [3.63, 3.8) is 0 Å². The van der Waals surface area contributed by atoms with Crippen molar-refractivity contribution in [2.45, 2.75) is 6.42 Å². The van der Waals surface area contributed by atoms with Gasteiger partial charge in [0, 0.05) is 50.8 Å². The SMILES string of the molecule is C#CCCN1CCN(C(=O)c2ccc(O)c([N+](=O)[O-])c2)CC1. The van der Waals surface area contributed by atoms with Gasteiger partial charge in [-0.05, 0) is 12.1 Å². The van der Waals surface area contributed by atoms with Gasteiger partial charge in [0.15, 0.2) is 5.75 Å². The number of carbonyl (C=O) groups is 1. The Hall–Kier alpha value is -2.59. The number of nitro groups is 1. The van der Waals surface area contributed by atoms with E-state index in [4.69, 9.17) is 6.42 Å². The Morgan fingerprint density at radius 2 is 2.05 bits per heavy atom. The number of terminal acetylenes is 1. The zero-order valence-electron chi connectivity index (χ0n) is 12.1. The van der Waals surface area contributed by atoms with Crippen LogP contribution in [-0.4, -0.2) is 58.5 Å². The van der Waals surface area contributed by atoms with Gasteiger partial charge in [-0.15, -0.1) is 12.3 Å². The Kier molecular flexibility index (Phi) is 4.96. The number of piperazine rings is 1. The molecule has 2 rings (SSSR count). The molecular formula is C15H17N3O4. The lowest BCUT2D eigenvalue weighted by Gasteiger charge is -2.34. The number of carbonyl (C=O) groups excluding carboxylic acids is 1. The van der Waals surface area contributed by atoms with E-state index in [1.165, 1.54) is 12.1 Å². The average molecular weight is 303 g/mol. The van der Waals surface area contributed by atoms with Gasteiger partial charge in [-0.25, -0.2) is 0 Å². The molecule has 0 aliphatic carbocycles. The van der Waals surface area contributed by atoms with Crippen molar-refractivity contribution in [1.29, 1.82) is 0 Å². The summed E-state index contributed by atoms with van der Waals surface area (Å²) < 4.78 is 0. The molecule has 1 saturated heterocycles. The minimum absolute atomic E-state index is 0.210. The number of phenols is 1. The average Bonchev–Trinajstić information content (AvgIpc) is 2.53. The molecule has 116 valence electrons. The van der Waals surface area contributed by atoms with E-state index >= 15 is 0 Å². The van der Waals surface area contributed by atoms with Crippen LogP contribution in [-0.2, 0) is 0 Å². The van der Waals surface area contributed by atoms with Crippen LogP contribution in [0.3, 0.4) is 0 Å². The van der Waals surface area contributed by atoms with Crippen LogP contribution in [0.15, 0.2) is 18.2 Å². The lowest BCUT2D eigenvalue weighted by atomic mass is 10.1. The Balaban J connectivity index is 2.03. The zero-order chi connectivity index (χ0) is 16.1. The second kappa shape index (κ2) is 6.91. The molecule has 1 aliphatic rings. The number of amides is 1. The van der Waals surface area contributed by atoms with E-state index < -0.39 is 16.4 Å². The molecule has 7 heteroatoms. The first-order valence-corrected chi connectivity index (χ1v) is 6.95. The highest BCUT2D eigenvalue weighted by atomic mass is 16.6. The van der Waals surface area contributed by atoms with Crippen molar-refractivity contribution in [2.24, 2.45) is 0 Å². The number of phenolic OH excluding ortho intramolecular Hbond substituents is 1. The van der Waals surface area contributed by atoms with Crippen LogP contribution in [0.4, 0.5) is 5.69 Å². The predicted molar refractivity (Wildman–Crippen MR) is 80.6 cm³/mol. The molecule has 22 heavy (non-hydrogen) atoms. The molecule has 1 heterocycles. The predicted octanol–water partition coefficient (Wildman–Crippen LogP) is 1.08. The molecule has 0 aromatic heterocycles. The van der Waals surface area contributed by atoms with Gasteiger partial charge in [0.1, 0.15) is 0 Å². The fourth-order valence-electron chi connectivity index (χ4n) is 2.38. The van der Waals surface area contributed by atoms with Crippen molar-refractivity contribution >= 4 is 11.6 Å². The van der Waals surface area contributed by atoms with E-state index in [0.29, 0.717) is 19.5 Å². The van der Waals surface area contributed by atoms with Crippen molar-refractivity contribution in [3.8, 4) is 18.1 Å². The molecule has 1 aromatic rings. The van der Waals surface area contributed by atoms with Crippen LogP contribution in [0.25, 0.3) is 0 Å². The summed E-state index contributed by atoms with van der Waals surface area (Å²) in [7, 11) is 0. The van der Waals surface area contributed by atoms with Gasteiger partial charge >= 0.3 is 5.69 Å². The third kappa shape index (κ3) is 3.54. The van der Waals surface area contributed by atoms with Gasteiger partial charge in [-0.2, -0.15) is 0 Å². The molecule has 1 N–H and O–H groups in total. The monoisotopic (exact) mass is 303 g/mol. The number of benzene rings is 1. The highest BCUT2D eigenvalue weighted by Crippen LogP contribution is 2.27. The quantitative estimate of drug-likeness (QED) is 0.511. The van der Waals surface area contributed by atoms with Crippen molar-refractivity contribution in [1.82, 2.24) is 9.80 Å². The number of rotatable bonds is 4. The van der Waals surface area contributed by atoms with Crippen molar-refractivity contribution < 1.29 is 14.8 Å². The second-order valence-corrected chi connectivity index (χ2v) is 5.05. The zero-order valence-corrected chi connectivity index (χ0v) is 12.1. The molecule has 1 fully saturated rings. The van der Waals surface area contributed by atoms with Crippen molar-refractivity contribution in [2.75, 3.05) is 32.7 Å². The van der Waals surface area contributed by atoms with Crippen LogP contribution in [0, 0.1) is 22.5 Å². The molecule has 0 spiro atoms. The summed E-state index contributed by atoms with van der Waals surface area (Å²) in [4.78, 5) is 26.3. The topological polar surface area (TPSA) is 86.9 Å². The highest BCUT2D eigenvalue weighted by molar-refractivity contribution is 5.95. The molecule has 1 amide bonds. The van der Waals surface area contributed by atoms with Crippen LogP contribution < -0.4 is 0 Å². The minimum atomic E-state index is -0.704. The van der Waals surface area contributed by atoms with E-state index in [1.807, 2.05) is 0 Å². The van der Waals surface area contributed by atoms with Crippen LogP contribution in [0.2, 0.25) is 0 Å². The summed E-state index contributed by atoms with van der Waals surface area (Å²) in [5.74, 6) is 1.88. The van der Waals surface area contributed by atoms with Crippen LogP contribution >= 0.6 is 0 Å². The third-order valence-electron chi connectivity index (χ3n) is 3.65. The van der Waals surface area contributed by atoms with E-state index in [9.17, 15) is 20.0 Å². The molecule has 0 radical (unpaired) electrons. The van der Waals surface area contributed by atoms with Gasteiger partial charge in [0.05, 0.1) is 4.92 Å². The van der Waals surface area contributed by atoms with E-state index in [0.717, 1.165) is 25.7 Å². The fourth-order valence-corrected chi connectivity index (χ4v) is 2.38. The molecule has 0 saturated carbocycles. The summed E-state index contributed by atoms with van der Waals surface area (Å²) in [5, 5.41) is 20.2. The summed E-state index contributed by atoms with van der Waals surface area (Å²) in [5.41, 5.74) is -0.250. The lowest BCUT2D eigenvalue weighted by Crippen LogP contribution is -2.48. The number of nitrogens with zero attached hydrogens (tertiary/aromatic N) is 3. The number of nitro benzene ring substituents is 1. The molecule has 7 nitrogen and oxygen atoms in total. The first kappa shape index (κ1) is 15.8. The first-order chi connectivity index (χ1) is 10.5. The maximum absolute atomic E-state index is 12.4. The van der Waals surface area contributed by atoms with Gasteiger partial charge in [-0.1, -0.05) is 0 Å². The Bertz CT molecular complexity index is 616. The lowest BCUT2D eigenvalue weighted by molar-refractivity contribution is -0.385. The summed E-state index contributed by atoms with van der Waals surface area (Å²) in [6.07, 6.45) is 5.91. The summed E-state index contributed by atoms with van der Waals surface area (Å²) >= 11 is 0. The molecule has 0 atom stereocenters. The molecule has 0 bridgehead atoms. The Labute approximate surface area is 128 Å². The molecule has 1 aromatic carbocycles. The first-order valence-electron chi connectivity index (χ1n) is 6.95. The number of hydrogen-bond acceptors (Lipinski definition) is 5. The second-order valence-electron chi connectivity index (χ2n) is 5.05. The Morgan fingerprint density at radius 3 is 2.64 bits per heavy atom. The molecular weight excluding hydrogens is 286 g/mol. The largest absolute Gasteiger partial charge is 0.502 e. The van der Waals surface area contributed by atoms with Crippen molar-refractivity contribution in [3.05, 3.63) is 33.9 Å². The number of hydrogen-bond donors (Lipinski definition) is 1.